The summed E-state index contributed by atoms with van der Waals surface area (Å²) in [7, 11) is 0. The molecule has 0 radical (unpaired) electrons. The van der Waals surface area contributed by atoms with Gasteiger partial charge in [0.25, 0.3) is 0 Å². The Bertz CT molecular complexity index is 289. The molecule has 4 heteroatoms. The van der Waals surface area contributed by atoms with Crippen LogP contribution in [-0.4, -0.2) is 17.8 Å². The minimum Gasteiger partial charge on any atom is -0.491 e. The molecule has 0 heterocycles. The van der Waals surface area contributed by atoms with Gasteiger partial charge < -0.3 is 9.84 Å². The van der Waals surface area contributed by atoms with Crippen LogP contribution in [0.15, 0.2) is 22.7 Å². The van der Waals surface area contributed by atoms with Crippen molar-refractivity contribution in [3.05, 3.63) is 27.7 Å². The summed E-state index contributed by atoms with van der Waals surface area (Å²) >= 11 is 9.11. The summed E-state index contributed by atoms with van der Waals surface area (Å²) in [5.74, 6) is 0.661. The van der Waals surface area contributed by atoms with E-state index >= 15 is 0 Å². The fraction of sp³-hybridized carbons (Fsp3) is 0.333. The van der Waals surface area contributed by atoms with Crippen molar-refractivity contribution in [3.8, 4) is 5.75 Å². The van der Waals surface area contributed by atoms with Gasteiger partial charge in [0.05, 0.1) is 11.1 Å². The van der Waals surface area contributed by atoms with Gasteiger partial charge in [0.15, 0.2) is 0 Å². The molecule has 1 unspecified atom stereocenters. The number of benzene rings is 1. The smallest absolute Gasteiger partial charge is 0.121 e. The van der Waals surface area contributed by atoms with Crippen LogP contribution in [0.4, 0.5) is 0 Å². The zero-order valence-corrected chi connectivity index (χ0v) is 9.47. The van der Waals surface area contributed by atoms with Crippen molar-refractivity contribution in [3.63, 3.8) is 0 Å². The topological polar surface area (TPSA) is 29.5 Å². The molecule has 0 aliphatic carbocycles. The van der Waals surface area contributed by atoms with Crippen LogP contribution in [0.2, 0.25) is 5.02 Å². The van der Waals surface area contributed by atoms with Crippen molar-refractivity contribution in [2.45, 2.75) is 13.0 Å². The Balaban J connectivity index is 2.63. The zero-order valence-electron chi connectivity index (χ0n) is 7.13. The number of halogens is 2. The first-order valence-corrected chi connectivity index (χ1v) is 5.02. The minimum atomic E-state index is -0.470. The highest BCUT2D eigenvalue weighted by atomic mass is 79.9. The molecule has 0 aromatic heterocycles. The van der Waals surface area contributed by atoms with Gasteiger partial charge in [-0.2, -0.15) is 0 Å². The summed E-state index contributed by atoms with van der Waals surface area (Å²) in [4.78, 5) is 0. The van der Waals surface area contributed by atoms with Gasteiger partial charge in [-0.3, -0.25) is 0 Å². The third-order valence-corrected chi connectivity index (χ3v) is 2.61. The summed E-state index contributed by atoms with van der Waals surface area (Å²) < 4.78 is 6.08. The van der Waals surface area contributed by atoms with Gasteiger partial charge in [-0.05, 0) is 41.1 Å². The van der Waals surface area contributed by atoms with Crippen LogP contribution >= 0.6 is 27.5 Å². The van der Waals surface area contributed by atoms with E-state index in [-0.39, 0.29) is 6.61 Å². The van der Waals surface area contributed by atoms with Crippen molar-refractivity contribution in [1.29, 1.82) is 0 Å². The molecule has 2 nitrogen and oxygen atoms in total. The molecule has 1 N–H and O–H groups in total. The summed E-state index contributed by atoms with van der Waals surface area (Å²) in [6.07, 6.45) is -0.470. The van der Waals surface area contributed by atoms with Gasteiger partial charge in [-0.15, -0.1) is 0 Å². The van der Waals surface area contributed by atoms with Crippen LogP contribution < -0.4 is 4.74 Å². The quantitative estimate of drug-likeness (QED) is 0.911. The van der Waals surface area contributed by atoms with Gasteiger partial charge in [0.2, 0.25) is 0 Å². The molecule has 72 valence electrons. The van der Waals surface area contributed by atoms with E-state index in [0.717, 1.165) is 4.47 Å². The number of aliphatic hydroxyl groups excluding tert-OH is 1. The normalized spacial score (nSPS) is 12.6. The fourth-order valence-electron chi connectivity index (χ4n) is 0.783. The first kappa shape index (κ1) is 10.8. The minimum absolute atomic E-state index is 0.276. The van der Waals surface area contributed by atoms with Crippen LogP contribution in [-0.2, 0) is 0 Å². The monoisotopic (exact) mass is 264 g/mol. The summed E-state index contributed by atoms with van der Waals surface area (Å²) in [5, 5.41) is 9.57. The fourth-order valence-corrected chi connectivity index (χ4v) is 1.20. The Labute approximate surface area is 90.6 Å². The zero-order chi connectivity index (χ0) is 9.84. The van der Waals surface area contributed by atoms with Crippen molar-refractivity contribution >= 4 is 27.5 Å². The van der Waals surface area contributed by atoms with Gasteiger partial charge >= 0.3 is 0 Å². The highest BCUT2D eigenvalue weighted by molar-refractivity contribution is 9.10. The predicted octanol–water partition coefficient (Wildman–Crippen LogP) is 2.86. The summed E-state index contributed by atoms with van der Waals surface area (Å²) in [6, 6.07) is 5.30. The Morgan fingerprint density at radius 3 is 2.85 bits per heavy atom. The molecule has 0 saturated heterocycles. The van der Waals surface area contributed by atoms with Gasteiger partial charge in [0, 0.05) is 4.47 Å². The molecule has 0 saturated carbocycles. The van der Waals surface area contributed by atoms with E-state index in [1.165, 1.54) is 0 Å². The maximum absolute atomic E-state index is 8.97. The van der Waals surface area contributed by atoms with Gasteiger partial charge in [0.1, 0.15) is 12.4 Å². The van der Waals surface area contributed by atoms with E-state index in [2.05, 4.69) is 15.9 Å². The molecule has 0 aliphatic rings. The van der Waals surface area contributed by atoms with Crippen LogP contribution in [0, 0.1) is 0 Å². The molecule has 0 fully saturated rings. The third kappa shape index (κ3) is 3.55. The summed E-state index contributed by atoms with van der Waals surface area (Å²) in [6.45, 7) is 1.94. The maximum atomic E-state index is 8.97. The van der Waals surface area contributed by atoms with Crippen molar-refractivity contribution < 1.29 is 9.84 Å². The lowest BCUT2D eigenvalue weighted by Crippen LogP contribution is -2.12. The average Bonchev–Trinajstić information content (AvgIpc) is 2.07. The SMILES string of the molecule is CC(O)COc1ccc(Br)c(Cl)c1. The van der Waals surface area contributed by atoms with Crippen molar-refractivity contribution in [2.24, 2.45) is 0 Å². The Hall–Kier alpha value is -0.250. The third-order valence-electron chi connectivity index (χ3n) is 1.38. The van der Waals surface area contributed by atoms with Crippen LogP contribution in [0.1, 0.15) is 6.92 Å². The van der Waals surface area contributed by atoms with Crippen molar-refractivity contribution in [1.82, 2.24) is 0 Å². The Kier molecular flexibility index (Phi) is 4.03. The second-order valence-corrected chi connectivity index (χ2v) is 4.00. The molecular weight excluding hydrogens is 255 g/mol. The molecule has 1 atom stereocenters. The number of aliphatic hydroxyl groups is 1. The van der Waals surface area contributed by atoms with Crippen LogP contribution in [0.5, 0.6) is 5.75 Å². The number of ether oxygens (including phenoxy) is 1. The Morgan fingerprint density at radius 1 is 1.62 bits per heavy atom. The lowest BCUT2D eigenvalue weighted by molar-refractivity contribution is 0.123. The lowest BCUT2D eigenvalue weighted by Gasteiger charge is -2.08. The molecule has 0 bridgehead atoms. The number of hydrogen-bond donors (Lipinski definition) is 1. The maximum Gasteiger partial charge on any atom is 0.121 e. The molecule has 1 rings (SSSR count). The van der Waals surface area contributed by atoms with E-state index < -0.39 is 6.10 Å². The molecule has 0 spiro atoms. The van der Waals surface area contributed by atoms with E-state index in [9.17, 15) is 0 Å². The highest BCUT2D eigenvalue weighted by Gasteiger charge is 2.01. The van der Waals surface area contributed by atoms with E-state index in [1.54, 1.807) is 25.1 Å². The lowest BCUT2D eigenvalue weighted by atomic mass is 10.3. The highest BCUT2D eigenvalue weighted by Crippen LogP contribution is 2.26. The van der Waals surface area contributed by atoms with E-state index in [4.69, 9.17) is 21.4 Å². The predicted molar refractivity (Wildman–Crippen MR) is 56.3 cm³/mol. The van der Waals surface area contributed by atoms with E-state index in [0.29, 0.717) is 10.8 Å². The van der Waals surface area contributed by atoms with Gasteiger partial charge in [-0.1, -0.05) is 11.6 Å². The molecule has 0 aliphatic heterocycles. The Morgan fingerprint density at radius 2 is 2.31 bits per heavy atom. The van der Waals surface area contributed by atoms with Gasteiger partial charge in [-0.25, -0.2) is 0 Å². The second-order valence-electron chi connectivity index (χ2n) is 2.74. The average molecular weight is 266 g/mol. The first-order valence-electron chi connectivity index (χ1n) is 3.85. The number of rotatable bonds is 3. The van der Waals surface area contributed by atoms with Crippen LogP contribution in [0.25, 0.3) is 0 Å². The summed E-state index contributed by atoms with van der Waals surface area (Å²) in [5.41, 5.74) is 0. The standard InChI is InChI=1S/C9H10BrClO2/c1-6(12)5-13-7-2-3-8(10)9(11)4-7/h2-4,6,12H,5H2,1H3. The largest absolute Gasteiger partial charge is 0.491 e. The molecule has 1 aromatic rings. The molecule has 13 heavy (non-hydrogen) atoms. The van der Waals surface area contributed by atoms with Crippen molar-refractivity contribution in [2.75, 3.05) is 6.61 Å². The number of hydrogen-bond acceptors (Lipinski definition) is 2. The molecule has 1 aromatic carbocycles. The molecular formula is C9H10BrClO2. The first-order chi connectivity index (χ1) is 6.09. The van der Waals surface area contributed by atoms with E-state index in [1.807, 2.05) is 0 Å². The second kappa shape index (κ2) is 4.84. The van der Waals surface area contributed by atoms with Crippen LogP contribution in [0.3, 0.4) is 0 Å². The molecule has 0 amide bonds.